The first kappa shape index (κ1) is 17.7. The molecule has 0 saturated heterocycles. The van der Waals surface area contributed by atoms with Crippen molar-refractivity contribution in [2.24, 2.45) is 0 Å². The van der Waals surface area contributed by atoms with Crippen molar-refractivity contribution >= 4 is 23.2 Å². The average molecular weight is 360 g/mol. The van der Waals surface area contributed by atoms with E-state index in [1.165, 1.54) is 4.88 Å². The minimum Gasteiger partial charge on any atom is -0.356 e. The van der Waals surface area contributed by atoms with Gasteiger partial charge >= 0.3 is 0 Å². The maximum absolute atomic E-state index is 12.3. The van der Waals surface area contributed by atoms with E-state index in [0.717, 1.165) is 18.5 Å². The van der Waals surface area contributed by atoms with Crippen molar-refractivity contribution in [2.45, 2.75) is 45.2 Å². The zero-order chi connectivity index (χ0) is 17.6. The lowest BCUT2D eigenvalue weighted by Gasteiger charge is -2.33. The molecule has 1 aliphatic rings. The van der Waals surface area contributed by atoms with Crippen LogP contribution in [0.4, 0.5) is 0 Å². The van der Waals surface area contributed by atoms with E-state index in [9.17, 15) is 9.59 Å². The molecule has 1 unspecified atom stereocenters. The van der Waals surface area contributed by atoms with Gasteiger partial charge in [0.25, 0.3) is 0 Å². The standard InChI is InChI=1S/C18H24N4O2S/c1-2-4-18(24)21-12-14-6-9-20-22(14)15(13-21)11-17(23)19-8-7-16-5-3-10-25-16/h3,5-6,9-10,15H,2,4,7-8,11-13H2,1H3,(H,19,23). The molecule has 0 fully saturated rings. The predicted octanol–water partition coefficient (Wildman–Crippen LogP) is 2.38. The molecule has 0 aliphatic carbocycles. The topological polar surface area (TPSA) is 67.2 Å². The second kappa shape index (κ2) is 8.29. The lowest BCUT2D eigenvalue weighted by Crippen LogP contribution is -2.43. The highest BCUT2D eigenvalue weighted by atomic mass is 32.1. The Labute approximate surface area is 151 Å². The molecular formula is C18H24N4O2S. The summed E-state index contributed by atoms with van der Waals surface area (Å²) in [6.07, 6.45) is 4.32. The number of nitrogens with one attached hydrogen (secondary N) is 1. The molecule has 0 spiro atoms. The van der Waals surface area contributed by atoms with Crippen LogP contribution in [-0.2, 0) is 22.6 Å². The number of carbonyl (C=O) groups excluding carboxylic acids is 2. The summed E-state index contributed by atoms with van der Waals surface area (Å²) in [6.45, 7) is 3.77. The molecule has 134 valence electrons. The highest BCUT2D eigenvalue weighted by molar-refractivity contribution is 7.09. The van der Waals surface area contributed by atoms with Gasteiger partial charge in [-0.25, -0.2) is 0 Å². The van der Waals surface area contributed by atoms with Crippen molar-refractivity contribution in [3.63, 3.8) is 0 Å². The minimum absolute atomic E-state index is 0.00722. The van der Waals surface area contributed by atoms with Crippen LogP contribution in [0.1, 0.15) is 42.8 Å². The van der Waals surface area contributed by atoms with E-state index in [1.54, 1.807) is 17.5 Å². The maximum Gasteiger partial charge on any atom is 0.222 e. The van der Waals surface area contributed by atoms with E-state index >= 15 is 0 Å². The molecule has 3 rings (SSSR count). The molecule has 25 heavy (non-hydrogen) atoms. The van der Waals surface area contributed by atoms with Crippen LogP contribution < -0.4 is 5.32 Å². The second-order valence-electron chi connectivity index (χ2n) is 6.33. The Bertz CT molecular complexity index is 710. The third kappa shape index (κ3) is 4.48. The normalized spacial score (nSPS) is 16.5. The zero-order valence-electron chi connectivity index (χ0n) is 14.5. The van der Waals surface area contributed by atoms with Crippen molar-refractivity contribution in [1.29, 1.82) is 0 Å². The van der Waals surface area contributed by atoms with Gasteiger partial charge in [-0.3, -0.25) is 14.3 Å². The summed E-state index contributed by atoms with van der Waals surface area (Å²) in [6, 6.07) is 5.92. The van der Waals surface area contributed by atoms with Crippen LogP contribution in [0.5, 0.6) is 0 Å². The van der Waals surface area contributed by atoms with E-state index in [1.807, 2.05) is 34.0 Å². The Morgan fingerprint density at radius 3 is 3.04 bits per heavy atom. The van der Waals surface area contributed by atoms with Crippen LogP contribution in [0.25, 0.3) is 0 Å². The Hall–Kier alpha value is -2.15. The van der Waals surface area contributed by atoms with Gasteiger partial charge in [-0.15, -0.1) is 11.3 Å². The summed E-state index contributed by atoms with van der Waals surface area (Å²) in [5.74, 6) is 0.158. The van der Waals surface area contributed by atoms with Crippen molar-refractivity contribution in [3.05, 3.63) is 40.3 Å². The van der Waals surface area contributed by atoms with Gasteiger partial charge in [-0.2, -0.15) is 5.10 Å². The van der Waals surface area contributed by atoms with E-state index in [0.29, 0.717) is 32.5 Å². The fraction of sp³-hybridized carbons (Fsp3) is 0.500. The SMILES string of the molecule is CCCC(=O)N1Cc2ccnn2C(CC(=O)NCCc2cccs2)C1. The van der Waals surface area contributed by atoms with Crippen molar-refractivity contribution in [3.8, 4) is 0 Å². The minimum atomic E-state index is -0.0960. The number of fused-ring (bicyclic) bond motifs is 1. The first-order chi connectivity index (χ1) is 12.2. The van der Waals surface area contributed by atoms with E-state index in [4.69, 9.17) is 0 Å². The van der Waals surface area contributed by atoms with Crippen LogP contribution in [0.3, 0.4) is 0 Å². The zero-order valence-corrected chi connectivity index (χ0v) is 15.3. The quantitative estimate of drug-likeness (QED) is 0.824. The first-order valence-electron chi connectivity index (χ1n) is 8.76. The van der Waals surface area contributed by atoms with Gasteiger partial charge in [0.2, 0.25) is 11.8 Å². The molecule has 6 nitrogen and oxygen atoms in total. The number of hydrogen-bond acceptors (Lipinski definition) is 4. The number of aromatic nitrogens is 2. The van der Waals surface area contributed by atoms with Gasteiger partial charge in [-0.1, -0.05) is 13.0 Å². The summed E-state index contributed by atoms with van der Waals surface area (Å²) in [4.78, 5) is 27.7. The van der Waals surface area contributed by atoms with Crippen molar-refractivity contribution < 1.29 is 9.59 Å². The van der Waals surface area contributed by atoms with Gasteiger partial charge in [0.15, 0.2) is 0 Å². The molecule has 0 aromatic carbocycles. The van der Waals surface area contributed by atoms with E-state index in [-0.39, 0.29) is 17.9 Å². The molecule has 0 saturated carbocycles. The molecule has 1 aliphatic heterocycles. The highest BCUT2D eigenvalue weighted by Crippen LogP contribution is 2.23. The smallest absolute Gasteiger partial charge is 0.222 e. The number of carbonyl (C=O) groups is 2. The Kier molecular flexibility index (Phi) is 5.86. The predicted molar refractivity (Wildman–Crippen MR) is 97.2 cm³/mol. The lowest BCUT2D eigenvalue weighted by molar-refractivity contribution is -0.134. The second-order valence-corrected chi connectivity index (χ2v) is 7.36. The van der Waals surface area contributed by atoms with Gasteiger partial charge in [0.1, 0.15) is 0 Å². The molecule has 2 amide bonds. The summed E-state index contributed by atoms with van der Waals surface area (Å²) in [5, 5.41) is 9.38. The third-order valence-corrected chi connectivity index (χ3v) is 5.33. The number of rotatable bonds is 7. The molecule has 0 bridgehead atoms. The van der Waals surface area contributed by atoms with E-state index in [2.05, 4.69) is 16.5 Å². The fourth-order valence-electron chi connectivity index (χ4n) is 3.17. The molecule has 3 heterocycles. The molecule has 2 aromatic rings. The summed E-state index contributed by atoms with van der Waals surface area (Å²) >= 11 is 1.70. The maximum atomic E-state index is 12.3. The largest absolute Gasteiger partial charge is 0.356 e. The monoisotopic (exact) mass is 360 g/mol. The van der Waals surface area contributed by atoms with Crippen LogP contribution in [0, 0.1) is 0 Å². The summed E-state index contributed by atoms with van der Waals surface area (Å²) in [7, 11) is 0. The lowest BCUT2D eigenvalue weighted by atomic mass is 10.1. The van der Waals surface area contributed by atoms with Crippen LogP contribution in [0.15, 0.2) is 29.8 Å². The van der Waals surface area contributed by atoms with Crippen molar-refractivity contribution in [2.75, 3.05) is 13.1 Å². The Morgan fingerprint density at radius 1 is 1.40 bits per heavy atom. The number of nitrogens with zero attached hydrogens (tertiary/aromatic N) is 3. The Balaban J connectivity index is 1.56. The average Bonchev–Trinajstić information content (AvgIpc) is 3.26. The first-order valence-corrected chi connectivity index (χ1v) is 9.64. The van der Waals surface area contributed by atoms with Gasteiger partial charge in [0.05, 0.1) is 24.7 Å². The third-order valence-electron chi connectivity index (χ3n) is 4.39. The number of hydrogen-bond donors (Lipinski definition) is 1. The summed E-state index contributed by atoms with van der Waals surface area (Å²) in [5.41, 5.74) is 0.993. The van der Waals surface area contributed by atoms with Crippen LogP contribution >= 0.6 is 11.3 Å². The fourth-order valence-corrected chi connectivity index (χ4v) is 3.88. The molecule has 1 atom stereocenters. The van der Waals surface area contributed by atoms with Crippen LogP contribution in [-0.4, -0.2) is 39.6 Å². The molecular weight excluding hydrogens is 336 g/mol. The number of amides is 2. The highest BCUT2D eigenvalue weighted by Gasteiger charge is 2.29. The molecule has 7 heteroatoms. The molecule has 1 N–H and O–H groups in total. The van der Waals surface area contributed by atoms with Gasteiger partial charge < -0.3 is 10.2 Å². The van der Waals surface area contributed by atoms with Gasteiger partial charge in [0, 0.05) is 30.6 Å². The Morgan fingerprint density at radius 2 is 2.28 bits per heavy atom. The van der Waals surface area contributed by atoms with Crippen molar-refractivity contribution in [1.82, 2.24) is 20.0 Å². The summed E-state index contributed by atoms with van der Waals surface area (Å²) < 4.78 is 1.90. The van der Waals surface area contributed by atoms with Crippen LogP contribution in [0.2, 0.25) is 0 Å². The molecule has 0 radical (unpaired) electrons. The van der Waals surface area contributed by atoms with E-state index < -0.39 is 0 Å². The van der Waals surface area contributed by atoms with Gasteiger partial charge in [-0.05, 0) is 30.4 Å². The molecule has 2 aromatic heterocycles. The number of thiophene rings is 1.